The topological polar surface area (TPSA) is 75.1 Å². The first kappa shape index (κ1) is 13.2. The first-order chi connectivity index (χ1) is 10.2. The number of amides is 1. The molecule has 5 heteroatoms. The van der Waals surface area contributed by atoms with Crippen LogP contribution in [0.2, 0.25) is 0 Å². The van der Waals surface area contributed by atoms with Crippen LogP contribution in [0.4, 0.5) is 5.69 Å². The Morgan fingerprint density at radius 3 is 2.86 bits per heavy atom. The highest BCUT2D eigenvalue weighted by Gasteiger charge is 2.10. The van der Waals surface area contributed by atoms with E-state index < -0.39 is 5.76 Å². The summed E-state index contributed by atoms with van der Waals surface area (Å²) in [6, 6.07) is 12.5. The highest BCUT2D eigenvalue weighted by Crippen LogP contribution is 2.18. The molecule has 1 aromatic heterocycles. The summed E-state index contributed by atoms with van der Waals surface area (Å²) in [6.07, 6.45) is 0.835. The predicted molar refractivity (Wildman–Crippen MR) is 80.6 cm³/mol. The Kier molecular flexibility index (Phi) is 3.31. The number of hydrogen-bond acceptors (Lipinski definition) is 3. The van der Waals surface area contributed by atoms with Gasteiger partial charge < -0.3 is 9.73 Å². The van der Waals surface area contributed by atoms with Gasteiger partial charge in [0.1, 0.15) is 0 Å². The minimum absolute atomic E-state index is 0.235. The Morgan fingerprint density at radius 1 is 1.24 bits per heavy atom. The molecule has 0 radical (unpaired) electrons. The van der Waals surface area contributed by atoms with E-state index in [0.717, 1.165) is 17.7 Å². The zero-order valence-corrected chi connectivity index (χ0v) is 11.5. The molecule has 0 fully saturated rings. The molecule has 0 aliphatic carbocycles. The molecule has 2 aromatic carbocycles. The first-order valence-electron chi connectivity index (χ1n) is 6.69. The standard InChI is InChI=1S/C16H14N2O3/c1-2-10-5-3-4-6-12(10)17-15(19)11-7-8-13-14(9-11)21-16(20)18-13/h3-9H,2H2,1H3,(H,17,19)(H,18,20). The quantitative estimate of drug-likeness (QED) is 0.775. The number of nitrogens with one attached hydrogen (secondary N) is 2. The van der Waals surface area contributed by atoms with Gasteiger partial charge in [0.15, 0.2) is 5.58 Å². The number of aromatic nitrogens is 1. The average molecular weight is 282 g/mol. The third-order valence-corrected chi connectivity index (χ3v) is 3.33. The molecule has 2 N–H and O–H groups in total. The molecule has 0 saturated heterocycles. The highest BCUT2D eigenvalue weighted by atomic mass is 16.4. The molecule has 0 aliphatic heterocycles. The van der Waals surface area contributed by atoms with Crippen molar-refractivity contribution in [2.45, 2.75) is 13.3 Å². The van der Waals surface area contributed by atoms with Crippen molar-refractivity contribution < 1.29 is 9.21 Å². The lowest BCUT2D eigenvalue weighted by molar-refractivity contribution is 0.102. The van der Waals surface area contributed by atoms with Crippen molar-refractivity contribution in [3.63, 3.8) is 0 Å². The Balaban J connectivity index is 1.91. The lowest BCUT2D eigenvalue weighted by Crippen LogP contribution is -2.13. The maximum Gasteiger partial charge on any atom is 0.417 e. The molecule has 0 aliphatic rings. The number of benzene rings is 2. The largest absolute Gasteiger partial charge is 0.417 e. The molecule has 0 spiro atoms. The number of rotatable bonds is 3. The van der Waals surface area contributed by atoms with E-state index in [1.165, 1.54) is 0 Å². The van der Waals surface area contributed by atoms with Crippen LogP contribution in [0.5, 0.6) is 0 Å². The number of carbonyl (C=O) groups excluding carboxylic acids is 1. The number of oxazole rings is 1. The van der Waals surface area contributed by atoms with E-state index >= 15 is 0 Å². The number of carbonyl (C=O) groups is 1. The second-order valence-electron chi connectivity index (χ2n) is 4.69. The Bertz CT molecular complexity index is 861. The van der Waals surface area contributed by atoms with Crippen LogP contribution in [0.25, 0.3) is 11.1 Å². The van der Waals surface area contributed by atoms with E-state index in [1.807, 2.05) is 31.2 Å². The maximum atomic E-state index is 12.3. The van der Waals surface area contributed by atoms with E-state index in [-0.39, 0.29) is 5.91 Å². The van der Waals surface area contributed by atoms with E-state index in [1.54, 1.807) is 18.2 Å². The van der Waals surface area contributed by atoms with Crippen LogP contribution in [-0.4, -0.2) is 10.9 Å². The minimum atomic E-state index is -0.529. The summed E-state index contributed by atoms with van der Waals surface area (Å²) >= 11 is 0. The van der Waals surface area contributed by atoms with Crippen molar-refractivity contribution >= 4 is 22.7 Å². The third-order valence-electron chi connectivity index (χ3n) is 3.33. The van der Waals surface area contributed by atoms with Crippen LogP contribution in [0.15, 0.2) is 51.7 Å². The van der Waals surface area contributed by atoms with Gasteiger partial charge in [-0.25, -0.2) is 4.79 Å². The van der Waals surface area contributed by atoms with Crippen molar-refractivity contribution in [2.24, 2.45) is 0 Å². The molecule has 0 bridgehead atoms. The Morgan fingerprint density at radius 2 is 2.05 bits per heavy atom. The second kappa shape index (κ2) is 5.28. The van der Waals surface area contributed by atoms with Crippen molar-refractivity contribution in [2.75, 3.05) is 5.32 Å². The van der Waals surface area contributed by atoms with Crippen LogP contribution in [-0.2, 0) is 6.42 Å². The molecule has 21 heavy (non-hydrogen) atoms. The monoisotopic (exact) mass is 282 g/mol. The van der Waals surface area contributed by atoms with Crippen molar-refractivity contribution in [3.05, 3.63) is 64.1 Å². The lowest BCUT2D eigenvalue weighted by Gasteiger charge is -2.09. The van der Waals surface area contributed by atoms with Gasteiger partial charge in [-0.2, -0.15) is 0 Å². The van der Waals surface area contributed by atoms with E-state index in [9.17, 15) is 9.59 Å². The lowest BCUT2D eigenvalue weighted by atomic mass is 10.1. The zero-order chi connectivity index (χ0) is 14.8. The molecule has 0 saturated carbocycles. The molecule has 3 aromatic rings. The fourth-order valence-corrected chi connectivity index (χ4v) is 2.23. The van der Waals surface area contributed by atoms with Gasteiger partial charge in [0.05, 0.1) is 5.52 Å². The number of aryl methyl sites for hydroxylation is 1. The maximum absolute atomic E-state index is 12.3. The van der Waals surface area contributed by atoms with Crippen LogP contribution in [0, 0.1) is 0 Å². The SMILES string of the molecule is CCc1ccccc1NC(=O)c1ccc2[nH]c(=O)oc2c1. The summed E-state index contributed by atoms with van der Waals surface area (Å²) in [5.74, 6) is -0.763. The minimum Gasteiger partial charge on any atom is -0.408 e. The Hall–Kier alpha value is -2.82. The molecule has 5 nitrogen and oxygen atoms in total. The molecule has 0 unspecified atom stereocenters. The number of anilines is 1. The number of aromatic amines is 1. The Labute approximate surface area is 120 Å². The third kappa shape index (κ3) is 2.58. The van der Waals surface area contributed by atoms with Gasteiger partial charge in [-0.05, 0) is 36.2 Å². The fourth-order valence-electron chi connectivity index (χ4n) is 2.23. The second-order valence-corrected chi connectivity index (χ2v) is 4.69. The summed E-state index contributed by atoms with van der Waals surface area (Å²) in [6.45, 7) is 2.03. The number of H-pyrrole nitrogens is 1. The van der Waals surface area contributed by atoms with Gasteiger partial charge in [0.25, 0.3) is 5.91 Å². The molecule has 0 atom stereocenters. The van der Waals surface area contributed by atoms with Crippen molar-refractivity contribution in [1.29, 1.82) is 0 Å². The van der Waals surface area contributed by atoms with Crippen molar-refractivity contribution in [3.8, 4) is 0 Å². The fraction of sp³-hybridized carbons (Fsp3) is 0.125. The van der Waals surface area contributed by atoms with Gasteiger partial charge in [-0.15, -0.1) is 0 Å². The number of fused-ring (bicyclic) bond motifs is 1. The molecule has 1 heterocycles. The normalized spacial score (nSPS) is 10.7. The summed E-state index contributed by atoms with van der Waals surface area (Å²) < 4.78 is 4.96. The van der Waals surface area contributed by atoms with Gasteiger partial charge in [0.2, 0.25) is 0 Å². The summed E-state index contributed by atoms with van der Waals surface area (Å²) in [5, 5.41) is 2.88. The van der Waals surface area contributed by atoms with Crippen LogP contribution in [0.3, 0.4) is 0 Å². The summed E-state index contributed by atoms with van der Waals surface area (Å²) in [4.78, 5) is 26.0. The van der Waals surface area contributed by atoms with E-state index in [2.05, 4.69) is 10.3 Å². The highest BCUT2D eigenvalue weighted by molar-refractivity contribution is 6.06. The first-order valence-corrected chi connectivity index (χ1v) is 6.69. The number of para-hydroxylation sites is 1. The van der Waals surface area contributed by atoms with Gasteiger partial charge in [0, 0.05) is 11.3 Å². The summed E-state index contributed by atoms with van der Waals surface area (Å²) in [5.41, 5.74) is 3.25. The average Bonchev–Trinajstić information content (AvgIpc) is 2.86. The number of hydrogen-bond donors (Lipinski definition) is 2. The molecule has 106 valence electrons. The predicted octanol–water partition coefficient (Wildman–Crippen LogP) is 2.94. The van der Waals surface area contributed by atoms with Crippen LogP contribution < -0.4 is 11.1 Å². The molecule has 3 rings (SSSR count). The van der Waals surface area contributed by atoms with Crippen LogP contribution >= 0.6 is 0 Å². The van der Waals surface area contributed by atoms with Gasteiger partial charge >= 0.3 is 5.76 Å². The van der Waals surface area contributed by atoms with Crippen LogP contribution in [0.1, 0.15) is 22.8 Å². The zero-order valence-electron chi connectivity index (χ0n) is 11.5. The van der Waals surface area contributed by atoms with Gasteiger partial charge in [-0.1, -0.05) is 25.1 Å². The van der Waals surface area contributed by atoms with Gasteiger partial charge in [-0.3, -0.25) is 9.78 Å². The molecular weight excluding hydrogens is 268 g/mol. The van der Waals surface area contributed by atoms with Crippen molar-refractivity contribution in [1.82, 2.24) is 4.98 Å². The van der Waals surface area contributed by atoms with E-state index in [4.69, 9.17) is 4.42 Å². The van der Waals surface area contributed by atoms with E-state index in [0.29, 0.717) is 16.7 Å². The molecule has 1 amide bonds. The molecular formula is C16H14N2O3. The smallest absolute Gasteiger partial charge is 0.408 e. The summed E-state index contributed by atoms with van der Waals surface area (Å²) in [7, 11) is 0.